The summed E-state index contributed by atoms with van der Waals surface area (Å²) in [6.07, 6.45) is -3.39. The molecule has 0 aliphatic carbocycles. The molecule has 0 unspecified atom stereocenters. The zero-order valence-electron chi connectivity index (χ0n) is 13.6. The molecule has 0 radical (unpaired) electrons. The number of aromatic amines is 2. The third-order valence-corrected chi connectivity index (χ3v) is 3.47. The van der Waals surface area contributed by atoms with Crippen molar-refractivity contribution in [3.8, 4) is 0 Å². The van der Waals surface area contributed by atoms with Gasteiger partial charge in [-0.1, -0.05) is 12.1 Å². The van der Waals surface area contributed by atoms with E-state index in [0.717, 1.165) is 18.3 Å². The Hall–Kier alpha value is -3.17. The Morgan fingerprint density at radius 3 is 2.65 bits per heavy atom. The molecule has 26 heavy (non-hydrogen) atoms. The fourth-order valence-corrected chi connectivity index (χ4v) is 2.20. The van der Waals surface area contributed by atoms with E-state index >= 15 is 0 Å². The van der Waals surface area contributed by atoms with Crippen LogP contribution in [0.25, 0.3) is 0 Å². The summed E-state index contributed by atoms with van der Waals surface area (Å²) >= 11 is 0. The minimum atomic E-state index is -4.46. The molecule has 1 aromatic heterocycles. The second-order valence-corrected chi connectivity index (χ2v) is 5.43. The molecule has 10 heteroatoms. The SMILES string of the molecule is Cc1[nH]c(=O)[nH]c(=O)c1CCC(=O)N/N=C/c1cccc(C(F)(F)F)c1. The van der Waals surface area contributed by atoms with Gasteiger partial charge in [-0.15, -0.1) is 0 Å². The number of rotatable bonds is 5. The first-order chi connectivity index (χ1) is 12.2. The van der Waals surface area contributed by atoms with E-state index in [1.165, 1.54) is 19.1 Å². The van der Waals surface area contributed by atoms with Gasteiger partial charge in [-0.05, 0) is 31.0 Å². The standard InChI is InChI=1S/C16H15F3N4O3/c1-9-12(14(25)22-15(26)21-9)5-6-13(24)23-20-8-10-3-2-4-11(7-10)16(17,18)19/h2-4,7-8H,5-6H2,1H3,(H,23,24)(H2,21,22,25,26)/b20-8+. The van der Waals surface area contributed by atoms with Crippen LogP contribution in [0.5, 0.6) is 0 Å². The van der Waals surface area contributed by atoms with Gasteiger partial charge < -0.3 is 4.98 Å². The molecule has 1 heterocycles. The lowest BCUT2D eigenvalue weighted by Gasteiger charge is -2.06. The van der Waals surface area contributed by atoms with Crippen LogP contribution in [0.1, 0.15) is 28.8 Å². The van der Waals surface area contributed by atoms with E-state index in [4.69, 9.17) is 0 Å². The van der Waals surface area contributed by atoms with Crippen LogP contribution in [0.3, 0.4) is 0 Å². The van der Waals surface area contributed by atoms with E-state index < -0.39 is 28.9 Å². The first-order valence-corrected chi connectivity index (χ1v) is 7.48. The van der Waals surface area contributed by atoms with Crippen LogP contribution in [-0.2, 0) is 17.4 Å². The molecule has 138 valence electrons. The van der Waals surface area contributed by atoms with Gasteiger partial charge in [0.2, 0.25) is 5.91 Å². The Labute approximate surface area is 145 Å². The number of benzene rings is 1. The minimum absolute atomic E-state index is 0.0723. The van der Waals surface area contributed by atoms with Crippen LogP contribution >= 0.6 is 0 Å². The predicted octanol–water partition coefficient (Wildman–Crippen LogP) is 1.47. The third-order valence-electron chi connectivity index (χ3n) is 3.47. The number of nitrogens with zero attached hydrogens (tertiary/aromatic N) is 1. The Morgan fingerprint density at radius 1 is 1.27 bits per heavy atom. The first-order valence-electron chi connectivity index (χ1n) is 7.48. The molecule has 2 aromatic rings. The fourth-order valence-electron chi connectivity index (χ4n) is 2.20. The molecule has 2 rings (SSSR count). The average molecular weight is 368 g/mol. The lowest BCUT2D eigenvalue weighted by molar-refractivity contribution is -0.137. The Balaban J connectivity index is 1.94. The molecular formula is C16H15F3N4O3. The number of hydrogen-bond donors (Lipinski definition) is 3. The summed E-state index contributed by atoms with van der Waals surface area (Å²) in [5.74, 6) is -0.529. The number of carbonyl (C=O) groups excluding carboxylic acids is 1. The highest BCUT2D eigenvalue weighted by molar-refractivity contribution is 5.82. The molecule has 0 spiro atoms. The van der Waals surface area contributed by atoms with Crippen molar-refractivity contribution in [2.45, 2.75) is 25.9 Å². The second kappa shape index (κ2) is 7.81. The van der Waals surface area contributed by atoms with Crippen molar-refractivity contribution in [2.24, 2.45) is 5.10 Å². The Bertz CT molecular complexity index is 945. The van der Waals surface area contributed by atoms with Gasteiger partial charge in [0.25, 0.3) is 5.56 Å². The molecule has 3 N–H and O–H groups in total. The molecule has 0 aliphatic rings. The quantitative estimate of drug-likeness (QED) is 0.549. The summed E-state index contributed by atoms with van der Waals surface area (Å²) in [4.78, 5) is 39.0. The molecule has 0 fully saturated rings. The maximum Gasteiger partial charge on any atom is 0.416 e. The maximum absolute atomic E-state index is 12.6. The highest BCUT2D eigenvalue weighted by Gasteiger charge is 2.30. The Morgan fingerprint density at radius 2 is 2.00 bits per heavy atom. The first kappa shape index (κ1) is 19.2. The molecule has 1 amide bonds. The predicted molar refractivity (Wildman–Crippen MR) is 87.9 cm³/mol. The zero-order chi connectivity index (χ0) is 19.3. The van der Waals surface area contributed by atoms with Crippen LogP contribution in [0, 0.1) is 6.92 Å². The van der Waals surface area contributed by atoms with Gasteiger partial charge in [0.1, 0.15) is 0 Å². The van der Waals surface area contributed by atoms with Gasteiger partial charge in [-0.3, -0.25) is 14.6 Å². The van der Waals surface area contributed by atoms with Crippen molar-refractivity contribution in [3.63, 3.8) is 0 Å². The van der Waals surface area contributed by atoms with Crippen molar-refractivity contribution >= 4 is 12.1 Å². The third kappa shape index (κ3) is 5.16. The molecule has 0 bridgehead atoms. The number of hydrogen-bond acceptors (Lipinski definition) is 4. The van der Waals surface area contributed by atoms with Crippen molar-refractivity contribution in [1.29, 1.82) is 0 Å². The van der Waals surface area contributed by atoms with E-state index in [2.05, 4.69) is 20.5 Å². The summed E-state index contributed by atoms with van der Waals surface area (Å²) in [6, 6.07) is 4.48. The average Bonchev–Trinajstić information content (AvgIpc) is 2.53. The van der Waals surface area contributed by atoms with Gasteiger partial charge in [-0.2, -0.15) is 18.3 Å². The summed E-state index contributed by atoms with van der Waals surface area (Å²) < 4.78 is 37.8. The second-order valence-electron chi connectivity index (χ2n) is 5.43. The molecule has 0 aliphatic heterocycles. The zero-order valence-corrected chi connectivity index (χ0v) is 13.6. The highest BCUT2D eigenvalue weighted by atomic mass is 19.4. The van der Waals surface area contributed by atoms with E-state index in [1.54, 1.807) is 0 Å². The normalized spacial score (nSPS) is 11.7. The van der Waals surface area contributed by atoms with Crippen LogP contribution in [-0.4, -0.2) is 22.1 Å². The largest absolute Gasteiger partial charge is 0.416 e. The van der Waals surface area contributed by atoms with Gasteiger partial charge in [-0.25, -0.2) is 10.2 Å². The lowest BCUT2D eigenvalue weighted by Crippen LogP contribution is -2.28. The maximum atomic E-state index is 12.6. The van der Waals surface area contributed by atoms with E-state index in [0.29, 0.717) is 5.69 Å². The topological polar surface area (TPSA) is 107 Å². The van der Waals surface area contributed by atoms with Crippen molar-refractivity contribution in [1.82, 2.24) is 15.4 Å². The number of aromatic nitrogens is 2. The summed E-state index contributed by atoms with van der Waals surface area (Å²) in [5.41, 5.74) is 0.945. The van der Waals surface area contributed by atoms with E-state index in [9.17, 15) is 27.6 Å². The van der Waals surface area contributed by atoms with Crippen LogP contribution in [0.2, 0.25) is 0 Å². The van der Waals surface area contributed by atoms with E-state index in [1.807, 2.05) is 0 Å². The fraction of sp³-hybridized carbons (Fsp3) is 0.250. The van der Waals surface area contributed by atoms with E-state index in [-0.39, 0.29) is 24.0 Å². The van der Waals surface area contributed by atoms with Gasteiger partial charge in [0.15, 0.2) is 0 Å². The van der Waals surface area contributed by atoms with Gasteiger partial charge >= 0.3 is 11.9 Å². The minimum Gasteiger partial charge on any atom is -0.311 e. The molecule has 0 saturated heterocycles. The number of halogens is 3. The van der Waals surface area contributed by atoms with Gasteiger partial charge in [0, 0.05) is 17.7 Å². The van der Waals surface area contributed by atoms with Crippen molar-refractivity contribution in [2.75, 3.05) is 0 Å². The number of amides is 1. The molecule has 0 saturated carbocycles. The molecule has 0 atom stereocenters. The van der Waals surface area contributed by atoms with Crippen LogP contribution < -0.4 is 16.7 Å². The van der Waals surface area contributed by atoms with Crippen molar-refractivity contribution < 1.29 is 18.0 Å². The number of alkyl halides is 3. The number of H-pyrrole nitrogens is 2. The monoisotopic (exact) mass is 368 g/mol. The summed E-state index contributed by atoms with van der Waals surface area (Å²) in [5, 5.41) is 3.60. The van der Waals surface area contributed by atoms with Crippen molar-refractivity contribution in [3.05, 3.63) is 67.5 Å². The number of nitrogens with one attached hydrogen (secondary N) is 3. The highest BCUT2D eigenvalue weighted by Crippen LogP contribution is 2.29. The lowest BCUT2D eigenvalue weighted by atomic mass is 10.1. The summed E-state index contributed by atoms with van der Waals surface area (Å²) in [6.45, 7) is 1.54. The molecule has 7 nitrogen and oxygen atoms in total. The summed E-state index contributed by atoms with van der Waals surface area (Å²) in [7, 11) is 0. The van der Waals surface area contributed by atoms with Gasteiger partial charge in [0.05, 0.1) is 11.8 Å². The Kier molecular flexibility index (Phi) is 5.75. The smallest absolute Gasteiger partial charge is 0.311 e. The van der Waals surface area contributed by atoms with Crippen LogP contribution in [0.4, 0.5) is 13.2 Å². The number of aryl methyl sites for hydroxylation is 1. The van der Waals surface area contributed by atoms with Crippen LogP contribution in [0.15, 0.2) is 39.0 Å². The number of hydrazone groups is 1. The number of carbonyl (C=O) groups is 1. The molecular weight excluding hydrogens is 353 g/mol. The molecule has 1 aromatic carbocycles.